The van der Waals surface area contributed by atoms with Gasteiger partial charge in [-0.15, -0.1) is 0 Å². The Kier molecular flexibility index (Phi) is 4.48. The lowest BCUT2D eigenvalue weighted by Crippen LogP contribution is -2.11. The molecule has 1 N–H and O–H groups in total. The molecule has 2 rings (SSSR count). The molecule has 1 aromatic heterocycles. The molecular formula is C11H9BrN4O5. The number of nitro groups is 1. The minimum Gasteiger partial charge on any atom is -0.491 e. The van der Waals surface area contributed by atoms with E-state index in [9.17, 15) is 14.9 Å². The Bertz CT molecular complexity index is 687. The summed E-state index contributed by atoms with van der Waals surface area (Å²) < 4.78 is 6.82. The van der Waals surface area contributed by atoms with Gasteiger partial charge in [0.25, 0.3) is 4.73 Å². The number of ether oxygens (including phenoxy) is 1. The molecule has 0 radical (unpaired) electrons. The Morgan fingerprint density at radius 1 is 1.48 bits per heavy atom. The van der Waals surface area contributed by atoms with Crippen molar-refractivity contribution in [2.75, 3.05) is 6.61 Å². The van der Waals surface area contributed by atoms with E-state index in [0.717, 1.165) is 0 Å². The molecule has 0 aliphatic carbocycles. The van der Waals surface area contributed by atoms with Gasteiger partial charge in [-0.1, -0.05) is 12.1 Å². The van der Waals surface area contributed by atoms with Gasteiger partial charge >= 0.3 is 11.9 Å². The number of hydrogen-bond donors (Lipinski definition) is 1. The van der Waals surface area contributed by atoms with Gasteiger partial charge in [0.05, 0.1) is 6.54 Å². The first-order valence-corrected chi connectivity index (χ1v) is 6.48. The van der Waals surface area contributed by atoms with Crippen LogP contribution in [0.4, 0.5) is 5.95 Å². The van der Waals surface area contributed by atoms with Gasteiger partial charge in [-0.05, 0) is 22.0 Å². The van der Waals surface area contributed by atoms with Crippen LogP contribution in [-0.4, -0.2) is 37.4 Å². The number of benzene rings is 1. The minimum absolute atomic E-state index is 0.0427. The van der Waals surface area contributed by atoms with Gasteiger partial charge in [0, 0.05) is 21.0 Å². The summed E-state index contributed by atoms with van der Waals surface area (Å²) in [4.78, 5) is 24.4. The predicted molar refractivity (Wildman–Crippen MR) is 73.3 cm³/mol. The maximum absolute atomic E-state index is 11.0. The molecule has 1 aromatic carbocycles. The molecule has 0 aliphatic heterocycles. The zero-order chi connectivity index (χ0) is 15.4. The summed E-state index contributed by atoms with van der Waals surface area (Å²) in [7, 11) is 0. The van der Waals surface area contributed by atoms with E-state index in [0.29, 0.717) is 0 Å². The van der Waals surface area contributed by atoms with Crippen LogP contribution in [-0.2, 0) is 6.54 Å². The summed E-state index contributed by atoms with van der Waals surface area (Å²) in [5.41, 5.74) is 0.0427. The number of carboxylic acids is 1. The van der Waals surface area contributed by atoms with Crippen molar-refractivity contribution in [1.29, 1.82) is 0 Å². The van der Waals surface area contributed by atoms with E-state index in [-0.39, 0.29) is 29.2 Å². The van der Waals surface area contributed by atoms with E-state index in [1.54, 1.807) is 12.1 Å². The number of carboxylic acid groups (broad SMARTS) is 1. The van der Waals surface area contributed by atoms with Crippen molar-refractivity contribution in [3.8, 4) is 5.75 Å². The van der Waals surface area contributed by atoms with E-state index >= 15 is 0 Å². The van der Waals surface area contributed by atoms with Gasteiger partial charge in [0.1, 0.15) is 17.9 Å². The molecular weight excluding hydrogens is 348 g/mol. The number of hydrogen-bond acceptors (Lipinski definition) is 6. The van der Waals surface area contributed by atoms with Crippen LogP contribution in [0.1, 0.15) is 10.4 Å². The van der Waals surface area contributed by atoms with Crippen LogP contribution in [0.5, 0.6) is 5.75 Å². The fourth-order valence-electron chi connectivity index (χ4n) is 1.54. The normalized spacial score (nSPS) is 10.3. The zero-order valence-corrected chi connectivity index (χ0v) is 12.1. The van der Waals surface area contributed by atoms with E-state index < -0.39 is 16.8 Å². The molecule has 0 atom stereocenters. The highest BCUT2D eigenvalue weighted by atomic mass is 79.9. The molecule has 21 heavy (non-hydrogen) atoms. The molecule has 2 aromatic rings. The van der Waals surface area contributed by atoms with E-state index in [2.05, 4.69) is 26.0 Å². The number of nitrogens with zero attached hydrogens (tertiary/aromatic N) is 4. The third-order valence-corrected chi connectivity index (χ3v) is 3.04. The first-order chi connectivity index (χ1) is 9.99. The molecule has 0 spiro atoms. The molecule has 9 nitrogen and oxygen atoms in total. The van der Waals surface area contributed by atoms with Crippen LogP contribution < -0.4 is 4.74 Å². The average molecular weight is 357 g/mol. The number of aromatic carboxylic acids is 1. The lowest BCUT2D eigenvalue weighted by molar-refractivity contribution is -0.394. The Morgan fingerprint density at radius 3 is 2.81 bits per heavy atom. The predicted octanol–water partition coefficient (Wildman–Crippen LogP) is 1.73. The Morgan fingerprint density at radius 2 is 2.19 bits per heavy atom. The second-order valence-electron chi connectivity index (χ2n) is 3.81. The number of halogens is 1. The summed E-state index contributed by atoms with van der Waals surface area (Å²) in [6, 6.07) is 6.20. The average Bonchev–Trinajstić information content (AvgIpc) is 2.81. The standard InChI is InChI=1S/C11H9BrN4O5/c12-10-13-11(16(19)20)14-15(10)5-6-21-8-4-2-1-3-7(8)9(17)18/h1-4H,5-6H2,(H,17,18). The van der Waals surface area contributed by atoms with Gasteiger partial charge in [0.2, 0.25) is 0 Å². The van der Waals surface area contributed by atoms with Crippen molar-refractivity contribution in [2.24, 2.45) is 0 Å². The van der Waals surface area contributed by atoms with Crippen LogP contribution in [0.2, 0.25) is 0 Å². The van der Waals surface area contributed by atoms with Crippen molar-refractivity contribution in [3.63, 3.8) is 0 Å². The second kappa shape index (κ2) is 6.31. The van der Waals surface area contributed by atoms with Crippen molar-refractivity contribution in [1.82, 2.24) is 14.8 Å². The minimum atomic E-state index is -1.09. The van der Waals surface area contributed by atoms with Crippen LogP contribution in [0.3, 0.4) is 0 Å². The molecule has 0 saturated heterocycles. The molecule has 0 amide bonds. The van der Waals surface area contributed by atoms with E-state index in [1.807, 2.05) is 0 Å². The van der Waals surface area contributed by atoms with Crippen LogP contribution in [0.25, 0.3) is 0 Å². The van der Waals surface area contributed by atoms with E-state index in [1.165, 1.54) is 16.8 Å². The molecule has 0 fully saturated rings. The highest BCUT2D eigenvalue weighted by molar-refractivity contribution is 9.10. The SMILES string of the molecule is O=C(O)c1ccccc1OCCn1nc([N+](=O)[O-])nc1Br. The number of aromatic nitrogens is 3. The Labute approximate surface area is 126 Å². The van der Waals surface area contributed by atoms with Crippen molar-refractivity contribution < 1.29 is 19.6 Å². The fraction of sp³-hybridized carbons (Fsp3) is 0.182. The molecule has 110 valence electrons. The monoisotopic (exact) mass is 356 g/mol. The first kappa shape index (κ1) is 14.9. The Hall–Kier alpha value is -2.49. The van der Waals surface area contributed by atoms with Crippen molar-refractivity contribution in [2.45, 2.75) is 6.54 Å². The zero-order valence-electron chi connectivity index (χ0n) is 10.5. The highest BCUT2D eigenvalue weighted by Crippen LogP contribution is 2.18. The number of para-hydroxylation sites is 1. The lowest BCUT2D eigenvalue weighted by atomic mass is 10.2. The third-order valence-electron chi connectivity index (χ3n) is 2.46. The lowest BCUT2D eigenvalue weighted by Gasteiger charge is -2.07. The maximum atomic E-state index is 11.0. The summed E-state index contributed by atoms with van der Waals surface area (Å²) in [6.07, 6.45) is 0. The molecule has 0 saturated carbocycles. The molecule has 1 heterocycles. The number of rotatable bonds is 6. The van der Waals surface area contributed by atoms with E-state index in [4.69, 9.17) is 9.84 Å². The number of carbonyl (C=O) groups is 1. The van der Waals surface area contributed by atoms with Crippen LogP contribution in [0.15, 0.2) is 29.0 Å². The second-order valence-corrected chi connectivity index (χ2v) is 4.52. The van der Waals surface area contributed by atoms with Gasteiger partial charge in [-0.25, -0.2) is 4.79 Å². The van der Waals surface area contributed by atoms with Gasteiger partial charge < -0.3 is 20.0 Å². The smallest absolute Gasteiger partial charge is 0.491 e. The summed E-state index contributed by atoms with van der Waals surface area (Å²) in [5, 5.41) is 23.2. The van der Waals surface area contributed by atoms with Crippen molar-refractivity contribution in [3.05, 3.63) is 44.7 Å². The molecule has 10 heteroatoms. The van der Waals surface area contributed by atoms with Gasteiger partial charge in [0.15, 0.2) is 0 Å². The van der Waals surface area contributed by atoms with Gasteiger partial charge in [-0.2, -0.15) is 4.68 Å². The Balaban J connectivity index is 2.02. The summed E-state index contributed by atoms with van der Waals surface area (Å²) in [6.45, 7) is 0.263. The topological polar surface area (TPSA) is 120 Å². The quantitative estimate of drug-likeness (QED) is 0.617. The molecule has 0 bridgehead atoms. The van der Waals surface area contributed by atoms with Crippen molar-refractivity contribution >= 4 is 27.8 Å². The first-order valence-electron chi connectivity index (χ1n) is 5.69. The highest BCUT2D eigenvalue weighted by Gasteiger charge is 2.19. The maximum Gasteiger partial charge on any atom is 0.492 e. The largest absolute Gasteiger partial charge is 0.492 e. The van der Waals surface area contributed by atoms with Gasteiger partial charge in [-0.3, -0.25) is 0 Å². The van der Waals surface area contributed by atoms with Crippen LogP contribution >= 0.6 is 15.9 Å². The third kappa shape index (κ3) is 3.54. The summed E-state index contributed by atoms with van der Waals surface area (Å²) in [5.74, 6) is -1.40. The molecule has 0 aliphatic rings. The fourth-order valence-corrected chi connectivity index (χ4v) is 1.96. The summed E-state index contributed by atoms with van der Waals surface area (Å²) >= 11 is 3.04. The molecule has 0 unspecified atom stereocenters. The van der Waals surface area contributed by atoms with Crippen LogP contribution in [0, 0.1) is 10.1 Å².